The summed E-state index contributed by atoms with van der Waals surface area (Å²) in [5.74, 6) is -1.21. The number of amides is 1. The fourth-order valence-electron chi connectivity index (χ4n) is 2.36. The van der Waals surface area contributed by atoms with Crippen molar-refractivity contribution in [3.8, 4) is 0 Å². The van der Waals surface area contributed by atoms with Crippen LogP contribution in [0.15, 0.2) is 58.6 Å². The van der Waals surface area contributed by atoms with Crippen LogP contribution in [0, 0.1) is 12.7 Å². The summed E-state index contributed by atoms with van der Waals surface area (Å²) in [6.07, 6.45) is 2.67. The average molecular weight is 323 g/mol. The Labute approximate surface area is 136 Å². The Kier molecular flexibility index (Phi) is 4.20. The first-order valence-electron chi connectivity index (χ1n) is 7.26. The Hall–Kier alpha value is -3.28. The van der Waals surface area contributed by atoms with Crippen LogP contribution in [0.1, 0.15) is 21.5 Å². The summed E-state index contributed by atoms with van der Waals surface area (Å²) in [5.41, 5.74) is 3.59. The van der Waals surface area contributed by atoms with Crippen molar-refractivity contribution >= 4 is 23.0 Å². The van der Waals surface area contributed by atoms with Crippen molar-refractivity contribution in [2.24, 2.45) is 5.10 Å². The Morgan fingerprint density at radius 2 is 2.04 bits per heavy atom. The second-order valence-electron chi connectivity index (χ2n) is 5.31. The monoisotopic (exact) mass is 323 g/mol. The van der Waals surface area contributed by atoms with Gasteiger partial charge < -0.3 is 4.98 Å². The second-order valence-corrected chi connectivity index (χ2v) is 5.31. The third-order valence-electron chi connectivity index (χ3n) is 3.53. The molecule has 0 aliphatic heterocycles. The van der Waals surface area contributed by atoms with Crippen molar-refractivity contribution in [2.75, 3.05) is 0 Å². The van der Waals surface area contributed by atoms with Crippen molar-refractivity contribution in [1.82, 2.24) is 10.4 Å². The zero-order valence-electron chi connectivity index (χ0n) is 12.8. The van der Waals surface area contributed by atoms with Gasteiger partial charge in [-0.15, -0.1) is 0 Å². The lowest BCUT2D eigenvalue weighted by Gasteiger charge is -2.03. The molecule has 1 aromatic heterocycles. The molecule has 3 aromatic rings. The quantitative estimate of drug-likeness (QED) is 0.574. The number of aromatic amines is 1. The molecule has 2 N–H and O–H groups in total. The minimum atomic E-state index is -0.661. The minimum absolute atomic E-state index is 0.0716. The van der Waals surface area contributed by atoms with E-state index in [1.165, 1.54) is 30.6 Å². The molecule has 0 saturated heterocycles. The third-order valence-corrected chi connectivity index (χ3v) is 3.53. The minimum Gasteiger partial charge on any atom is -0.358 e. The molecular weight excluding hydrogens is 309 g/mol. The first-order valence-corrected chi connectivity index (χ1v) is 7.26. The number of hydrogen-bond donors (Lipinski definition) is 2. The van der Waals surface area contributed by atoms with Gasteiger partial charge in [0.05, 0.1) is 11.7 Å². The number of pyridine rings is 1. The largest absolute Gasteiger partial charge is 0.358 e. The highest BCUT2D eigenvalue weighted by Crippen LogP contribution is 2.12. The number of H-pyrrole nitrogens is 1. The van der Waals surface area contributed by atoms with Gasteiger partial charge in [0, 0.05) is 11.6 Å². The number of halogens is 1. The summed E-state index contributed by atoms with van der Waals surface area (Å²) in [6.45, 7) is 1.95. The van der Waals surface area contributed by atoms with Gasteiger partial charge in [-0.25, -0.2) is 9.82 Å². The number of nitrogens with zero attached hydrogens (tertiary/aromatic N) is 1. The SMILES string of the molecule is Cc1cccc(/C=N/NC(=O)c2c[nH]c3c(F)cccc3c2=O)c1. The number of carbonyl (C=O) groups is 1. The molecule has 0 radical (unpaired) electrons. The molecule has 0 saturated carbocycles. The van der Waals surface area contributed by atoms with Gasteiger partial charge in [-0.1, -0.05) is 35.9 Å². The summed E-state index contributed by atoms with van der Waals surface area (Å²) >= 11 is 0. The summed E-state index contributed by atoms with van der Waals surface area (Å²) in [6, 6.07) is 11.7. The number of carbonyl (C=O) groups excluding carboxylic acids is 1. The Balaban J connectivity index is 1.84. The molecule has 2 aromatic carbocycles. The first-order chi connectivity index (χ1) is 11.6. The summed E-state index contributed by atoms with van der Waals surface area (Å²) in [5, 5.41) is 3.96. The van der Waals surface area contributed by atoms with Gasteiger partial charge in [-0.05, 0) is 24.6 Å². The summed E-state index contributed by atoms with van der Waals surface area (Å²) < 4.78 is 13.6. The van der Waals surface area contributed by atoms with Crippen LogP contribution >= 0.6 is 0 Å². The number of nitrogens with one attached hydrogen (secondary N) is 2. The smallest absolute Gasteiger partial charge is 0.276 e. The van der Waals surface area contributed by atoms with Crippen molar-refractivity contribution in [1.29, 1.82) is 0 Å². The van der Waals surface area contributed by atoms with E-state index in [1.807, 2.05) is 31.2 Å². The van der Waals surface area contributed by atoms with Crippen LogP contribution in [-0.4, -0.2) is 17.1 Å². The van der Waals surface area contributed by atoms with E-state index in [0.29, 0.717) is 0 Å². The molecule has 1 heterocycles. The molecule has 3 rings (SSSR count). The van der Waals surface area contributed by atoms with Gasteiger partial charge in [0.1, 0.15) is 11.4 Å². The molecule has 0 aliphatic carbocycles. The van der Waals surface area contributed by atoms with E-state index in [4.69, 9.17) is 0 Å². The van der Waals surface area contributed by atoms with Crippen LogP contribution in [0.3, 0.4) is 0 Å². The van der Waals surface area contributed by atoms with Crippen molar-refractivity contribution < 1.29 is 9.18 Å². The molecule has 120 valence electrons. The Morgan fingerprint density at radius 1 is 1.25 bits per heavy atom. The van der Waals surface area contributed by atoms with E-state index in [9.17, 15) is 14.0 Å². The molecular formula is C18H14FN3O2. The number of aromatic nitrogens is 1. The number of hydrazone groups is 1. The number of aryl methyl sites for hydroxylation is 1. The van der Waals surface area contributed by atoms with Crippen LogP contribution in [0.5, 0.6) is 0 Å². The summed E-state index contributed by atoms with van der Waals surface area (Å²) in [7, 11) is 0. The highest BCUT2D eigenvalue weighted by atomic mass is 19.1. The van der Waals surface area contributed by atoms with E-state index < -0.39 is 17.2 Å². The van der Waals surface area contributed by atoms with E-state index in [2.05, 4.69) is 15.5 Å². The number of rotatable bonds is 3. The van der Waals surface area contributed by atoms with Gasteiger partial charge in [-0.3, -0.25) is 9.59 Å². The molecule has 0 bridgehead atoms. The van der Waals surface area contributed by atoms with E-state index in [1.54, 1.807) is 0 Å². The van der Waals surface area contributed by atoms with Gasteiger partial charge >= 0.3 is 0 Å². The van der Waals surface area contributed by atoms with E-state index in [0.717, 1.165) is 11.1 Å². The van der Waals surface area contributed by atoms with Crippen LogP contribution in [-0.2, 0) is 0 Å². The fourth-order valence-corrected chi connectivity index (χ4v) is 2.36. The topological polar surface area (TPSA) is 74.3 Å². The van der Waals surface area contributed by atoms with Crippen molar-refractivity contribution in [3.63, 3.8) is 0 Å². The highest BCUT2D eigenvalue weighted by molar-refractivity contribution is 5.97. The van der Waals surface area contributed by atoms with Crippen LogP contribution < -0.4 is 10.9 Å². The maximum absolute atomic E-state index is 13.6. The molecule has 0 aliphatic rings. The number of para-hydroxylation sites is 1. The predicted octanol–water partition coefficient (Wildman–Crippen LogP) is 2.74. The lowest BCUT2D eigenvalue weighted by Crippen LogP contribution is -2.25. The van der Waals surface area contributed by atoms with Crippen LogP contribution in [0.4, 0.5) is 4.39 Å². The molecule has 24 heavy (non-hydrogen) atoms. The molecule has 0 atom stereocenters. The van der Waals surface area contributed by atoms with E-state index >= 15 is 0 Å². The zero-order valence-corrected chi connectivity index (χ0v) is 12.8. The van der Waals surface area contributed by atoms with Gasteiger partial charge in [0.15, 0.2) is 0 Å². The second kappa shape index (κ2) is 6.45. The normalized spacial score (nSPS) is 11.1. The van der Waals surface area contributed by atoms with Gasteiger partial charge in [0.2, 0.25) is 5.43 Å². The molecule has 6 heteroatoms. The van der Waals surface area contributed by atoms with Crippen molar-refractivity contribution in [3.05, 3.63) is 81.4 Å². The predicted molar refractivity (Wildman–Crippen MR) is 90.8 cm³/mol. The third kappa shape index (κ3) is 3.08. The highest BCUT2D eigenvalue weighted by Gasteiger charge is 2.13. The lowest BCUT2D eigenvalue weighted by atomic mass is 10.1. The zero-order chi connectivity index (χ0) is 17.1. The fraction of sp³-hybridized carbons (Fsp3) is 0.0556. The number of hydrogen-bond acceptors (Lipinski definition) is 3. The van der Waals surface area contributed by atoms with E-state index in [-0.39, 0.29) is 16.5 Å². The van der Waals surface area contributed by atoms with Crippen molar-refractivity contribution in [2.45, 2.75) is 6.92 Å². The first kappa shape index (κ1) is 15.6. The molecule has 0 fully saturated rings. The molecule has 0 unspecified atom stereocenters. The molecule has 5 nitrogen and oxygen atoms in total. The maximum Gasteiger partial charge on any atom is 0.276 e. The summed E-state index contributed by atoms with van der Waals surface area (Å²) in [4.78, 5) is 27.1. The van der Waals surface area contributed by atoms with Gasteiger partial charge in [-0.2, -0.15) is 5.10 Å². The maximum atomic E-state index is 13.6. The Bertz CT molecular complexity index is 1010. The Morgan fingerprint density at radius 3 is 2.83 bits per heavy atom. The van der Waals surface area contributed by atoms with Crippen LogP contribution in [0.25, 0.3) is 10.9 Å². The number of benzene rings is 2. The average Bonchev–Trinajstić information content (AvgIpc) is 2.56. The van der Waals surface area contributed by atoms with Crippen LogP contribution in [0.2, 0.25) is 0 Å². The van der Waals surface area contributed by atoms with Gasteiger partial charge in [0.25, 0.3) is 5.91 Å². The lowest BCUT2D eigenvalue weighted by molar-refractivity contribution is 0.0954. The molecule has 0 spiro atoms. The standard InChI is InChI=1S/C18H14FN3O2/c1-11-4-2-5-12(8-11)9-21-22-18(24)14-10-20-16-13(17(14)23)6-3-7-15(16)19/h2-10H,1H3,(H,20,23)(H,22,24)/b21-9+. The molecule has 1 amide bonds. The number of fused-ring (bicyclic) bond motifs is 1.